The molecule has 1 unspecified atom stereocenters. The van der Waals surface area contributed by atoms with Gasteiger partial charge in [0.25, 0.3) is 5.91 Å². The van der Waals surface area contributed by atoms with Crippen LogP contribution in [0.3, 0.4) is 0 Å². The van der Waals surface area contributed by atoms with Gasteiger partial charge in [-0.2, -0.15) is 0 Å². The molecule has 1 amide bonds. The molecule has 1 atom stereocenters. The Hall–Kier alpha value is -1.49. The highest BCUT2D eigenvalue weighted by atomic mass is 35.5. The van der Waals surface area contributed by atoms with E-state index in [1.807, 2.05) is 30.0 Å². The molecule has 0 saturated carbocycles. The van der Waals surface area contributed by atoms with Crippen LogP contribution in [0.2, 0.25) is 0 Å². The number of nitrogens with one attached hydrogen (secondary N) is 2. The molecule has 2 heterocycles. The summed E-state index contributed by atoms with van der Waals surface area (Å²) in [5, 5.41) is 6.52. The second kappa shape index (κ2) is 6.95. The average Bonchev–Trinajstić information content (AvgIpc) is 3.02. The van der Waals surface area contributed by atoms with Crippen molar-refractivity contribution in [2.75, 3.05) is 5.75 Å². The number of carbonyl (C=O) groups is 1. The predicted molar refractivity (Wildman–Crippen MR) is 96.2 cm³/mol. The lowest BCUT2D eigenvalue weighted by atomic mass is 10.0. The van der Waals surface area contributed by atoms with Crippen molar-refractivity contribution >= 4 is 30.1 Å². The molecular formula is C18H19ClN2OS. The van der Waals surface area contributed by atoms with Crippen LogP contribution in [0, 0.1) is 0 Å². The molecule has 0 spiro atoms. The van der Waals surface area contributed by atoms with Crippen LogP contribution in [0.5, 0.6) is 0 Å². The van der Waals surface area contributed by atoms with Crippen molar-refractivity contribution in [2.24, 2.45) is 0 Å². The second-order valence-corrected chi connectivity index (χ2v) is 6.92. The minimum atomic E-state index is 0. The van der Waals surface area contributed by atoms with E-state index in [2.05, 4.69) is 34.9 Å². The third kappa shape index (κ3) is 3.25. The molecule has 5 heteroatoms. The fourth-order valence-corrected chi connectivity index (χ4v) is 4.29. The van der Waals surface area contributed by atoms with Gasteiger partial charge in [-0.25, -0.2) is 0 Å². The lowest BCUT2D eigenvalue weighted by Crippen LogP contribution is -2.30. The summed E-state index contributed by atoms with van der Waals surface area (Å²) in [5.41, 5.74) is 4.55. The molecule has 0 bridgehead atoms. The summed E-state index contributed by atoms with van der Waals surface area (Å²) < 4.78 is 0. The minimum absolute atomic E-state index is 0. The minimum Gasteiger partial charge on any atom is -0.345 e. The van der Waals surface area contributed by atoms with Crippen molar-refractivity contribution in [1.82, 2.24) is 10.6 Å². The Morgan fingerprint density at radius 2 is 1.96 bits per heavy atom. The number of hydrogen-bond donors (Lipinski definition) is 2. The van der Waals surface area contributed by atoms with Crippen LogP contribution in [0.15, 0.2) is 47.4 Å². The Morgan fingerprint density at radius 1 is 1.13 bits per heavy atom. The first-order chi connectivity index (χ1) is 10.8. The number of benzene rings is 2. The summed E-state index contributed by atoms with van der Waals surface area (Å²) in [4.78, 5) is 13.9. The molecule has 120 valence electrons. The number of hydrogen-bond acceptors (Lipinski definition) is 3. The zero-order valence-electron chi connectivity index (χ0n) is 12.7. The number of fused-ring (bicyclic) bond motifs is 2. The summed E-state index contributed by atoms with van der Waals surface area (Å²) in [5.74, 6) is 1.08. The molecule has 2 aliphatic rings. The Morgan fingerprint density at radius 3 is 2.87 bits per heavy atom. The standard InChI is InChI=1S/C18H18N2OS.ClH/c21-18(12-5-6-13-10-19-11-14(13)9-12)20-16-7-8-22-17-4-2-1-3-15(16)17;/h1-6,9,16,19H,7-8,10-11H2,(H,20,21);1H. The maximum absolute atomic E-state index is 12.6. The van der Waals surface area contributed by atoms with Crippen molar-refractivity contribution in [1.29, 1.82) is 0 Å². The molecule has 2 aromatic carbocycles. The Bertz CT molecular complexity index is 735. The molecule has 2 aromatic rings. The zero-order chi connectivity index (χ0) is 14.9. The van der Waals surface area contributed by atoms with E-state index in [4.69, 9.17) is 0 Å². The Balaban J connectivity index is 0.00000156. The summed E-state index contributed by atoms with van der Waals surface area (Å²) in [6.45, 7) is 1.77. The second-order valence-electron chi connectivity index (χ2n) is 5.79. The van der Waals surface area contributed by atoms with Gasteiger partial charge in [0, 0.05) is 29.3 Å². The van der Waals surface area contributed by atoms with Crippen molar-refractivity contribution in [3.8, 4) is 0 Å². The molecule has 3 nitrogen and oxygen atoms in total. The Labute approximate surface area is 146 Å². The van der Waals surface area contributed by atoms with Crippen molar-refractivity contribution in [3.05, 3.63) is 64.7 Å². The molecule has 0 radical (unpaired) electrons. The normalized spacial score (nSPS) is 18.5. The van der Waals surface area contributed by atoms with Gasteiger partial charge in [-0.05, 0) is 41.3 Å². The number of thioether (sulfide) groups is 1. The van der Waals surface area contributed by atoms with Gasteiger partial charge in [0.15, 0.2) is 0 Å². The first-order valence-electron chi connectivity index (χ1n) is 7.66. The first-order valence-corrected chi connectivity index (χ1v) is 8.65. The quantitative estimate of drug-likeness (QED) is 0.871. The van der Waals surface area contributed by atoms with Gasteiger partial charge in [0.05, 0.1) is 6.04 Å². The van der Waals surface area contributed by atoms with Crippen LogP contribution >= 0.6 is 24.2 Å². The van der Waals surface area contributed by atoms with Gasteiger partial charge in [0.1, 0.15) is 0 Å². The summed E-state index contributed by atoms with van der Waals surface area (Å²) in [6.07, 6.45) is 0.986. The van der Waals surface area contributed by atoms with Gasteiger partial charge in [-0.1, -0.05) is 24.3 Å². The predicted octanol–water partition coefficient (Wildman–Crippen LogP) is 3.68. The number of carbonyl (C=O) groups excluding carboxylic acids is 1. The van der Waals surface area contributed by atoms with Crippen LogP contribution in [-0.2, 0) is 13.1 Å². The van der Waals surface area contributed by atoms with Crippen molar-refractivity contribution in [3.63, 3.8) is 0 Å². The van der Waals surface area contributed by atoms with Gasteiger partial charge in [-0.15, -0.1) is 24.2 Å². The SMILES string of the molecule is Cl.O=C(NC1CCSc2ccccc21)c1ccc2c(c1)CNC2. The maximum Gasteiger partial charge on any atom is 0.251 e. The molecule has 0 saturated heterocycles. The highest BCUT2D eigenvalue weighted by molar-refractivity contribution is 7.99. The molecule has 0 aliphatic carbocycles. The molecule has 2 N–H and O–H groups in total. The third-order valence-electron chi connectivity index (χ3n) is 4.36. The van der Waals surface area contributed by atoms with Gasteiger partial charge < -0.3 is 10.6 Å². The van der Waals surface area contributed by atoms with E-state index in [0.717, 1.165) is 30.8 Å². The van der Waals surface area contributed by atoms with E-state index in [0.29, 0.717) is 0 Å². The van der Waals surface area contributed by atoms with E-state index >= 15 is 0 Å². The van der Waals surface area contributed by atoms with Crippen molar-refractivity contribution < 1.29 is 4.79 Å². The van der Waals surface area contributed by atoms with Gasteiger partial charge in [-0.3, -0.25) is 4.79 Å². The van der Waals surface area contributed by atoms with E-state index in [1.165, 1.54) is 21.6 Å². The molecule has 23 heavy (non-hydrogen) atoms. The largest absolute Gasteiger partial charge is 0.345 e. The zero-order valence-corrected chi connectivity index (χ0v) is 14.3. The van der Waals surface area contributed by atoms with E-state index in [-0.39, 0.29) is 24.4 Å². The molecule has 2 aliphatic heterocycles. The smallest absolute Gasteiger partial charge is 0.251 e. The van der Waals surface area contributed by atoms with Crippen LogP contribution in [0.25, 0.3) is 0 Å². The van der Waals surface area contributed by atoms with Crippen molar-refractivity contribution in [2.45, 2.75) is 30.4 Å². The fourth-order valence-electron chi connectivity index (χ4n) is 3.17. The van der Waals surface area contributed by atoms with Crippen LogP contribution in [-0.4, -0.2) is 11.7 Å². The number of rotatable bonds is 2. The maximum atomic E-state index is 12.6. The lowest BCUT2D eigenvalue weighted by molar-refractivity contribution is 0.0935. The number of amides is 1. The Kier molecular flexibility index (Phi) is 4.95. The highest BCUT2D eigenvalue weighted by Crippen LogP contribution is 2.35. The van der Waals surface area contributed by atoms with E-state index in [9.17, 15) is 4.79 Å². The van der Waals surface area contributed by atoms with E-state index in [1.54, 1.807) is 0 Å². The van der Waals surface area contributed by atoms with Crippen LogP contribution in [0.1, 0.15) is 39.5 Å². The summed E-state index contributed by atoms with van der Waals surface area (Å²) >= 11 is 1.87. The van der Waals surface area contributed by atoms with Gasteiger partial charge >= 0.3 is 0 Å². The first kappa shape index (κ1) is 16.4. The van der Waals surface area contributed by atoms with Crippen LogP contribution < -0.4 is 10.6 Å². The molecule has 0 aromatic heterocycles. The highest BCUT2D eigenvalue weighted by Gasteiger charge is 2.23. The fraction of sp³-hybridized carbons (Fsp3) is 0.278. The van der Waals surface area contributed by atoms with E-state index < -0.39 is 0 Å². The average molecular weight is 347 g/mol. The molecular weight excluding hydrogens is 328 g/mol. The lowest BCUT2D eigenvalue weighted by Gasteiger charge is -2.26. The molecule has 4 rings (SSSR count). The summed E-state index contributed by atoms with van der Waals surface area (Å²) in [7, 11) is 0. The molecule has 0 fully saturated rings. The van der Waals surface area contributed by atoms with Crippen LogP contribution in [0.4, 0.5) is 0 Å². The third-order valence-corrected chi connectivity index (χ3v) is 5.49. The number of halogens is 1. The summed E-state index contributed by atoms with van der Waals surface area (Å²) in [6, 6.07) is 14.5. The topological polar surface area (TPSA) is 41.1 Å². The van der Waals surface area contributed by atoms with Gasteiger partial charge in [0.2, 0.25) is 0 Å². The monoisotopic (exact) mass is 346 g/mol.